The molecule has 1 heterocycles. The van der Waals surface area contributed by atoms with E-state index in [0.29, 0.717) is 11.5 Å². The van der Waals surface area contributed by atoms with Gasteiger partial charge in [-0.15, -0.1) is 13.2 Å². The van der Waals surface area contributed by atoms with Crippen LogP contribution < -0.4 is 14.8 Å². The lowest BCUT2D eigenvalue weighted by Gasteiger charge is -2.12. The first-order valence-corrected chi connectivity index (χ1v) is 9.66. The van der Waals surface area contributed by atoms with Crippen LogP contribution in [0.4, 0.5) is 13.2 Å². The summed E-state index contributed by atoms with van der Waals surface area (Å²) in [6.07, 6.45) is -4.99. The Hall–Kier alpha value is -2.53. The Morgan fingerprint density at radius 2 is 1.82 bits per heavy atom. The molecule has 0 aliphatic rings. The molecule has 1 unspecified atom stereocenters. The third-order valence-corrected chi connectivity index (χ3v) is 5.05. The number of benzene rings is 1. The number of sulfonamides is 1. The van der Waals surface area contributed by atoms with Gasteiger partial charge in [-0.3, -0.25) is 4.79 Å². The van der Waals surface area contributed by atoms with Crippen molar-refractivity contribution in [1.82, 2.24) is 10.0 Å². The lowest BCUT2D eigenvalue weighted by molar-refractivity contribution is -0.274. The molecule has 1 aromatic heterocycles. The summed E-state index contributed by atoms with van der Waals surface area (Å²) >= 11 is 0. The molecule has 0 aliphatic heterocycles. The number of hydrogen-bond donors (Lipinski definition) is 2. The van der Waals surface area contributed by atoms with Gasteiger partial charge in [0.05, 0.1) is 10.9 Å². The number of alkyl halides is 3. The number of rotatable bonds is 8. The molecule has 2 N–H and O–H groups in total. The minimum Gasteiger partial charge on any atom is -0.464 e. The van der Waals surface area contributed by atoms with Gasteiger partial charge >= 0.3 is 6.36 Å². The summed E-state index contributed by atoms with van der Waals surface area (Å²) in [5.74, 6) is 0.356. The first-order chi connectivity index (χ1) is 13.0. The highest BCUT2D eigenvalue weighted by atomic mass is 32.2. The van der Waals surface area contributed by atoms with Gasteiger partial charge in [0.25, 0.3) is 0 Å². The lowest BCUT2D eigenvalue weighted by Crippen LogP contribution is -2.32. The van der Waals surface area contributed by atoms with E-state index in [1.165, 1.54) is 0 Å². The Kier molecular flexibility index (Phi) is 6.73. The molecule has 0 bridgehead atoms. The zero-order valence-electron chi connectivity index (χ0n) is 15.0. The number of carbonyl (C=O) groups is 1. The molecule has 0 spiro atoms. The first kappa shape index (κ1) is 21.8. The van der Waals surface area contributed by atoms with Gasteiger partial charge in [-0.1, -0.05) is 0 Å². The van der Waals surface area contributed by atoms with Crippen LogP contribution in [0.5, 0.6) is 5.75 Å². The molecule has 1 aromatic carbocycles. The SMILES string of the molecule is Cc1ccc(C(C)NC(=O)CCNS(=O)(=O)c2ccc(OC(F)(F)F)cc2)o1. The predicted molar refractivity (Wildman–Crippen MR) is 92.9 cm³/mol. The lowest BCUT2D eigenvalue weighted by atomic mass is 10.2. The predicted octanol–water partition coefficient (Wildman–Crippen LogP) is 3.03. The van der Waals surface area contributed by atoms with Crippen molar-refractivity contribution < 1.29 is 35.5 Å². The van der Waals surface area contributed by atoms with E-state index in [2.05, 4.69) is 14.8 Å². The molecule has 2 aromatic rings. The smallest absolute Gasteiger partial charge is 0.464 e. The minimum atomic E-state index is -4.86. The summed E-state index contributed by atoms with van der Waals surface area (Å²) in [6.45, 7) is 3.32. The van der Waals surface area contributed by atoms with Crippen LogP contribution in [0.15, 0.2) is 45.7 Å². The van der Waals surface area contributed by atoms with E-state index in [9.17, 15) is 26.4 Å². The van der Waals surface area contributed by atoms with E-state index < -0.39 is 28.0 Å². The van der Waals surface area contributed by atoms with Crippen molar-refractivity contribution in [3.8, 4) is 5.75 Å². The van der Waals surface area contributed by atoms with Crippen molar-refractivity contribution in [1.29, 1.82) is 0 Å². The quantitative estimate of drug-likeness (QED) is 0.684. The molecular formula is C17H19F3N2O5S. The average Bonchev–Trinajstić information content (AvgIpc) is 3.00. The van der Waals surface area contributed by atoms with Crippen molar-refractivity contribution >= 4 is 15.9 Å². The highest BCUT2D eigenvalue weighted by Crippen LogP contribution is 2.23. The van der Waals surface area contributed by atoms with Gasteiger partial charge < -0.3 is 14.5 Å². The fourth-order valence-electron chi connectivity index (χ4n) is 2.27. The number of amides is 1. The number of aryl methyl sites for hydroxylation is 1. The molecule has 154 valence electrons. The second-order valence-electron chi connectivity index (χ2n) is 5.90. The molecule has 1 atom stereocenters. The molecule has 1 amide bonds. The van der Waals surface area contributed by atoms with Crippen LogP contribution in [0.25, 0.3) is 0 Å². The largest absolute Gasteiger partial charge is 0.573 e. The highest BCUT2D eigenvalue weighted by molar-refractivity contribution is 7.89. The van der Waals surface area contributed by atoms with E-state index in [-0.39, 0.29) is 23.9 Å². The number of furan rings is 1. The molecule has 0 fully saturated rings. The van der Waals surface area contributed by atoms with E-state index in [1.807, 2.05) is 0 Å². The Morgan fingerprint density at radius 3 is 2.36 bits per heavy atom. The normalized spacial score (nSPS) is 13.2. The van der Waals surface area contributed by atoms with E-state index in [1.54, 1.807) is 26.0 Å². The van der Waals surface area contributed by atoms with Crippen LogP contribution in [0.1, 0.15) is 30.9 Å². The Balaban J connectivity index is 1.84. The number of nitrogens with one attached hydrogen (secondary N) is 2. The topological polar surface area (TPSA) is 97.6 Å². The maximum atomic E-state index is 12.1. The van der Waals surface area contributed by atoms with Gasteiger partial charge in [0.1, 0.15) is 17.3 Å². The maximum Gasteiger partial charge on any atom is 0.573 e. The molecule has 11 heteroatoms. The summed E-state index contributed by atoms with van der Waals surface area (Å²) in [6, 6.07) is 6.85. The number of ether oxygens (including phenoxy) is 1. The van der Waals surface area contributed by atoms with E-state index in [4.69, 9.17) is 4.42 Å². The van der Waals surface area contributed by atoms with Crippen LogP contribution in [-0.2, 0) is 14.8 Å². The molecule has 7 nitrogen and oxygen atoms in total. The number of hydrogen-bond acceptors (Lipinski definition) is 5. The number of halogens is 3. The van der Waals surface area contributed by atoms with Crippen molar-refractivity contribution in [2.45, 2.75) is 37.6 Å². The van der Waals surface area contributed by atoms with Crippen LogP contribution >= 0.6 is 0 Å². The Labute approximate surface area is 159 Å². The van der Waals surface area contributed by atoms with Gasteiger partial charge in [-0.05, 0) is 50.2 Å². The van der Waals surface area contributed by atoms with Crippen molar-refractivity contribution in [3.63, 3.8) is 0 Å². The summed E-state index contributed by atoms with van der Waals surface area (Å²) in [5, 5.41) is 2.67. The van der Waals surface area contributed by atoms with E-state index in [0.717, 1.165) is 24.3 Å². The van der Waals surface area contributed by atoms with E-state index >= 15 is 0 Å². The van der Waals surface area contributed by atoms with Gasteiger partial charge in [-0.2, -0.15) is 0 Å². The summed E-state index contributed by atoms with van der Waals surface area (Å²) < 4.78 is 71.9. The van der Waals surface area contributed by atoms with Crippen LogP contribution in [-0.4, -0.2) is 27.2 Å². The Morgan fingerprint density at radius 1 is 1.18 bits per heavy atom. The van der Waals surface area contributed by atoms with Gasteiger partial charge in [0, 0.05) is 13.0 Å². The first-order valence-electron chi connectivity index (χ1n) is 8.17. The summed E-state index contributed by atoms with van der Waals surface area (Å²) in [7, 11) is -3.98. The van der Waals surface area contributed by atoms with Gasteiger partial charge in [0.15, 0.2) is 0 Å². The molecule has 28 heavy (non-hydrogen) atoms. The third-order valence-electron chi connectivity index (χ3n) is 3.58. The molecule has 0 radical (unpaired) electrons. The van der Waals surface area contributed by atoms with Crippen LogP contribution in [0.2, 0.25) is 0 Å². The van der Waals surface area contributed by atoms with Crippen molar-refractivity contribution in [2.75, 3.05) is 6.54 Å². The molecule has 2 rings (SSSR count). The second-order valence-corrected chi connectivity index (χ2v) is 7.67. The fourth-order valence-corrected chi connectivity index (χ4v) is 3.31. The third kappa shape index (κ3) is 6.57. The van der Waals surface area contributed by atoms with Crippen molar-refractivity contribution in [2.24, 2.45) is 0 Å². The molecular weight excluding hydrogens is 401 g/mol. The molecule has 0 saturated heterocycles. The summed E-state index contributed by atoms with van der Waals surface area (Å²) in [5.41, 5.74) is 0. The van der Waals surface area contributed by atoms with Gasteiger partial charge in [0.2, 0.25) is 15.9 Å². The zero-order valence-corrected chi connectivity index (χ0v) is 15.9. The summed E-state index contributed by atoms with van der Waals surface area (Å²) in [4.78, 5) is 11.7. The van der Waals surface area contributed by atoms with Gasteiger partial charge in [-0.25, -0.2) is 13.1 Å². The second kappa shape index (κ2) is 8.65. The Bertz CT molecular complexity index is 908. The maximum absolute atomic E-state index is 12.1. The molecule has 0 aliphatic carbocycles. The monoisotopic (exact) mass is 420 g/mol. The fraction of sp³-hybridized carbons (Fsp3) is 0.353. The minimum absolute atomic E-state index is 0.126. The van der Waals surface area contributed by atoms with Crippen LogP contribution in [0.3, 0.4) is 0 Å². The standard InChI is InChI=1S/C17H19F3N2O5S/c1-11-3-8-15(26-11)12(2)22-16(23)9-10-21-28(24,25)14-6-4-13(5-7-14)27-17(18,19)20/h3-8,12,21H,9-10H2,1-2H3,(H,22,23). The van der Waals surface area contributed by atoms with Crippen LogP contribution in [0, 0.1) is 6.92 Å². The van der Waals surface area contributed by atoms with Crippen molar-refractivity contribution in [3.05, 3.63) is 47.9 Å². The molecule has 0 saturated carbocycles. The average molecular weight is 420 g/mol. The number of carbonyl (C=O) groups excluding carboxylic acids is 1. The zero-order chi connectivity index (χ0) is 20.9. The highest BCUT2D eigenvalue weighted by Gasteiger charge is 2.31.